The predicted octanol–water partition coefficient (Wildman–Crippen LogP) is 4.00. The Hall–Kier alpha value is -0.940. The molecule has 2 aromatic rings. The van der Waals surface area contributed by atoms with Crippen LogP contribution in [0.3, 0.4) is 0 Å². The van der Waals surface area contributed by atoms with Crippen LogP contribution in [0, 0.1) is 0 Å². The molecule has 0 saturated carbocycles. The Balaban J connectivity index is 1.67. The van der Waals surface area contributed by atoms with Gasteiger partial charge in [0, 0.05) is 11.8 Å². The maximum atomic E-state index is 5.24. The van der Waals surface area contributed by atoms with Crippen molar-refractivity contribution < 1.29 is 4.74 Å². The molecule has 2 heterocycles. The molecule has 1 aliphatic heterocycles. The maximum Gasteiger partial charge on any atom is 0.183 e. The van der Waals surface area contributed by atoms with Gasteiger partial charge in [-0.3, -0.25) is 0 Å². The van der Waals surface area contributed by atoms with Crippen molar-refractivity contribution in [2.24, 2.45) is 0 Å². The monoisotopic (exact) mass is 294 g/mol. The van der Waals surface area contributed by atoms with Gasteiger partial charge in [0.1, 0.15) is 5.75 Å². The van der Waals surface area contributed by atoms with Gasteiger partial charge < -0.3 is 10.1 Å². The maximum absolute atomic E-state index is 5.24. The molecule has 1 atom stereocenters. The van der Waals surface area contributed by atoms with Gasteiger partial charge in [0.25, 0.3) is 0 Å². The Morgan fingerprint density at radius 3 is 3.16 bits per heavy atom. The van der Waals surface area contributed by atoms with Gasteiger partial charge in [-0.05, 0) is 36.8 Å². The first-order valence-electron chi connectivity index (χ1n) is 6.65. The number of hydrogen-bond acceptors (Lipinski definition) is 5. The number of aromatic nitrogens is 1. The number of fused-ring (bicyclic) bond motifs is 1. The van der Waals surface area contributed by atoms with E-state index in [1.165, 1.54) is 29.7 Å². The summed E-state index contributed by atoms with van der Waals surface area (Å²) in [5, 5.41) is 5.26. The van der Waals surface area contributed by atoms with Gasteiger partial charge in [0.2, 0.25) is 0 Å². The highest BCUT2D eigenvalue weighted by atomic mass is 32.2. The van der Waals surface area contributed by atoms with Gasteiger partial charge in [-0.2, -0.15) is 11.8 Å². The molecule has 1 aromatic heterocycles. The Bertz CT molecular complexity index is 549. The number of nitrogens with zero attached hydrogens (tertiary/aromatic N) is 1. The molecule has 102 valence electrons. The summed E-state index contributed by atoms with van der Waals surface area (Å²) < 4.78 is 6.42. The number of hydrogen-bond donors (Lipinski definition) is 1. The van der Waals surface area contributed by atoms with Crippen LogP contribution in [0.15, 0.2) is 18.2 Å². The molecule has 5 heteroatoms. The average molecular weight is 294 g/mol. The van der Waals surface area contributed by atoms with E-state index in [2.05, 4.69) is 22.1 Å². The second kappa shape index (κ2) is 6.01. The van der Waals surface area contributed by atoms with Gasteiger partial charge in [-0.25, -0.2) is 4.98 Å². The average Bonchev–Trinajstić information content (AvgIpc) is 2.88. The lowest BCUT2D eigenvalue weighted by Gasteiger charge is -2.21. The molecule has 1 aromatic carbocycles. The standard InChI is InChI=1S/C14H18N2OS2/c1-17-10-5-6-12-13(8-10)19-14(16-12)15-9-11-4-2-3-7-18-11/h5-6,8,11H,2-4,7,9H2,1H3,(H,15,16). The summed E-state index contributed by atoms with van der Waals surface area (Å²) in [6.45, 7) is 1.03. The largest absolute Gasteiger partial charge is 0.497 e. The molecule has 0 amide bonds. The Labute approximate surface area is 121 Å². The van der Waals surface area contributed by atoms with E-state index in [-0.39, 0.29) is 0 Å². The minimum atomic E-state index is 0.746. The van der Waals surface area contributed by atoms with Gasteiger partial charge in [-0.1, -0.05) is 17.8 Å². The van der Waals surface area contributed by atoms with Gasteiger partial charge in [0.05, 0.1) is 17.3 Å². The fourth-order valence-electron chi connectivity index (χ4n) is 2.28. The van der Waals surface area contributed by atoms with Crippen LogP contribution in [-0.4, -0.2) is 29.6 Å². The fraction of sp³-hybridized carbons (Fsp3) is 0.500. The van der Waals surface area contributed by atoms with Gasteiger partial charge in [-0.15, -0.1) is 0 Å². The molecule has 1 N–H and O–H groups in total. The van der Waals surface area contributed by atoms with Crippen molar-refractivity contribution in [3.8, 4) is 5.75 Å². The molecule has 1 fully saturated rings. The van der Waals surface area contributed by atoms with Crippen LogP contribution < -0.4 is 10.1 Å². The van der Waals surface area contributed by atoms with E-state index in [1.54, 1.807) is 18.4 Å². The van der Waals surface area contributed by atoms with Crippen molar-refractivity contribution >= 4 is 38.4 Å². The third kappa shape index (κ3) is 3.15. The third-order valence-corrected chi connectivity index (χ3v) is 5.72. The number of methoxy groups -OCH3 is 1. The van der Waals surface area contributed by atoms with Crippen molar-refractivity contribution in [3.63, 3.8) is 0 Å². The fourth-order valence-corrected chi connectivity index (χ4v) is 4.42. The van der Waals surface area contributed by atoms with Crippen molar-refractivity contribution in [1.29, 1.82) is 0 Å². The van der Waals surface area contributed by atoms with Crippen molar-refractivity contribution in [2.75, 3.05) is 24.7 Å². The number of anilines is 1. The summed E-state index contributed by atoms with van der Waals surface area (Å²) in [6, 6.07) is 6.03. The molecule has 0 aliphatic carbocycles. The Kier molecular flexibility index (Phi) is 4.13. The summed E-state index contributed by atoms with van der Waals surface area (Å²) in [4.78, 5) is 4.62. The number of nitrogens with one attached hydrogen (secondary N) is 1. The van der Waals surface area contributed by atoms with E-state index in [0.29, 0.717) is 0 Å². The molecule has 19 heavy (non-hydrogen) atoms. The summed E-state index contributed by atoms with van der Waals surface area (Å²) in [6.07, 6.45) is 4.08. The number of ether oxygens (including phenoxy) is 1. The lowest BCUT2D eigenvalue weighted by Crippen LogP contribution is -2.19. The molecule has 0 radical (unpaired) electrons. The van der Waals surface area contributed by atoms with E-state index >= 15 is 0 Å². The molecular formula is C14H18N2OS2. The zero-order valence-corrected chi connectivity index (χ0v) is 12.6. The smallest absolute Gasteiger partial charge is 0.183 e. The number of thioether (sulfide) groups is 1. The van der Waals surface area contributed by atoms with E-state index in [4.69, 9.17) is 4.74 Å². The molecule has 1 aliphatic rings. The van der Waals surface area contributed by atoms with Crippen LogP contribution in [-0.2, 0) is 0 Å². The van der Waals surface area contributed by atoms with Crippen LogP contribution in [0.25, 0.3) is 10.2 Å². The van der Waals surface area contributed by atoms with E-state index in [0.717, 1.165) is 28.2 Å². The minimum absolute atomic E-state index is 0.746. The third-order valence-electron chi connectivity index (χ3n) is 3.35. The van der Waals surface area contributed by atoms with Gasteiger partial charge in [0.15, 0.2) is 5.13 Å². The summed E-state index contributed by atoms with van der Waals surface area (Å²) in [5.74, 6) is 2.20. The predicted molar refractivity (Wildman–Crippen MR) is 84.8 cm³/mol. The molecule has 1 unspecified atom stereocenters. The van der Waals surface area contributed by atoms with Crippen LogP contribution in [0.4, 0.5) is 5.13 Å². The second-order valence-electron chi connectivity index (χ2n) is 4.72. The molecule has 1 saturated heterocycles. The normalized spacial score (nSPS) is 19.5. The summed E-state index contributed by atoms with van der Waals surface area (Å²) >= 11 is 3.79. The molecule has 3 rings (SSSR count). The zero-order valence-electron chi connectivity index (χ0n) is 11.0. The first-order chi connectivity index (χ1) is 9.35. The number of rotatable bonds is 4. The topological polar surface area (TPSA) is 34.1 Å². The summed E-state index contributed by atoms with van der Waals surface area (Å²) in [7, 11) is 1.70. The van der Waals surface area contributed by atoms with Crippen LogP contribution in [0.2, 0.25) is 0 Å². The quantitative estimate of drug-likeness (QED) is 0.924. The Morgan fingerprint density at radius 2 is 2.37 bits per heavy atom. The highest BCUT2D eigenvalue weighted by Gasteiger charge is 2.14. The molecule has 3 nitrogen and oxygen atoms in total. The van der Waals surface area contributed by atoms with E-state index in [9.17, 15) is 0 Å². The SMILES string of the molecule is COc1ccc2nc(NCC3CCCCS3)sc2c1. The lowest BCUT2D eigenvalue weighted by atomic mass is 10.2. The van der Waals surface area contributed by atoms with Gasteiger partial charge >= 0.3 is 0 Å². The van der Waals surface area contributed by atoms with Crippen molar-refractivity contribution in [2.45, 2.75) is 24.5 Å². The highest BCUT2D eigenvalue weighted by Crippen LogP contribution is 2.30. The Morgan fingerprint density at radius 1 is 1.42 bits per heavy atom. The number of thiazole rings is 1. The second-order valence-corrected chi connectivity index (χ2v) is 7.16. The van der Waals surface area contributed by atoms with Crippen molar-refractivity contribution in [1.82, 2.24) is 4.98 Å². The molecular weight excluding hydrogens is 276 g/mol. The minimum Gasteiger partial charge on any atom is -0.497 e. The van der Waals surface area contributed by atoms with E-state index < -0.39 is 0 Å². The van der Waals surface area contributed by atoms with Crippen LogP contribution in [0.5, 0.6) is 5.75 Å². The van der Waals surface area contributed by atoms with E-state index in [1.807, 2.05) is 18.2 Å². The zero-order chi connectivity index (χ0) is 13.1. The van der Waals surface area contributed by atoms with Crippen molar-refractivity contribution in [3.05, 3.63) is 18.2 Å². The lowest BCUT2D eigenvalue weighted by molar-refractivity contribution is 0.415. The highest BCUT2D eigenvalue weighted by molar-refractivity contribution is 7.99. The van der Waals surface area contributed by atoms with Crippen LogP contribution >= 0.6 is 23.1 Å². The summed E-state index contributed by atoms with van der Waals surface area (Å²) in [5.41, 5.74) is 1.05. The molecule has 0 bridgehead atoms. The first kappa shape index (κ1) is 13.1. The number of benzene rings is 1. The first-order valence-corrected chi connectivity index (χ1v) is 8.52. The van der Waals surface area contributed by atoms with Crippen LogP contribution in [0.1, 0.15) is 19.3 Å². The molecule has 0 spiro atoms.